The van der Waals surface area contributed by atoms with Gasteiger partial charge in [0.05, 0.1) is 12.1 Å². The standard InChI is InChI=1S/C24H25NO3/c1-15(26)18-9-5-6-10-19(18)24-23(17-7-3-2-4-8-17)20-12-11-16(14-22(27)28)13-21(20)25-24/h5-6,9-13,17,25H,2-4,7-8,14H2,1H3,(H,27,28). The smallest absolute Gasteiger partial charge is 0.307 e. The zero-order valence-electron chi connectivity index (χ0n) is 16.1. The molecule has 0 atom stereocenters. The quantitative estimate of drug-likeness (QED) is 0.561. The van der Waals surface area contributed by atoms with E-state index in [1.54, 1.807) is 6.92 Å². The number of rotatable bonds is 5. The van der Waals surface area contributed by atoms with Crippen molar-refractivity contribution in [1.29, 1.82) is 0 Å². The first-order valence-corrected chi connectivity index (χ1v) is 10.0. The van der Waals surface area contributed by atoms with Crippen LogP contribution in [0, 0.1) is 0 Å². The molecular formula is C24H25NO3. The summed E-state index contributed by atoms with van der Waals surface area (Å²) in [5.41, 5.74) is 5.68. The highest BCUT2D eigenvalue weighted by Gasteiger charge is 2.25. The van der Waals surface area contributed by atoms with E-state index in [0.717, 1.165) is 46.1 Å². The normalized spacial score (nSPS) is 15.0. The average Bonchev–Trinajstić information content (AvgIpc) is 3.06. The van der Waals surface area contributed by atoms with E-state index in [9.17, 15) is 9.59 Å². The number of Topliss-reactive ketones (excluding diaryl/α,β-unsaturated/α-hetero) is 1. The Labute approximate surface area is 164 Å². The molecule has 2 aromatic carbocycles. The fourth-order valence-corrected chi connectivity index (χ4v) is 4.59. The molecule has 4 heteroatoms. The molecule has 0 amide bonds. The van der Waals surface area contributed by atoms with Crippen molar-refractivity contribution in [2.45, 2.75) is 51.4 Å². The van der Waals surface area contributed by atoms with E-state index in [-0.39, 0.29) is 12.2 Å². The molecule has 0 radical (unpaired) electrons. The second-order valence-electron chi connectivity index (χ2n) is 7.80. The van der Waals surface area contributed by atoms with Gasteiger partial charge in [0.25, 0.3) is 0 Å². The van der Waals surface area contributed by atoms with E-state index in [4.69, 9.17) is 5.11 Å². The molecular weight excluding hydrogens is 350 g/mol. The number of fused-ring (bicyclic) bond motifs is 1. The summed E-state index contributed by atoms with van der Waals surface area (Å²) in [5, 5.41) is 10.3. The Hall–Kier alpha value is -2.88. The van der Waals surface area contributed by atoms with Crippen LogP contribution in [0.4, 0.5) is 0 Å². The number of carbonyl (C=O) groups is 2. The van der Waals surface area contributed by atoms with Crippen molar-refractivity contribution in [1.82, 2.24) is 4.98 Å². The monoisotopic (exact) mass is 375 g/mol. The molecule has 0 aliphatic heterocycles. The molecule has 1 fully saturated rings. The van der Waals surface area contributed by atoms with Gasteiger partial charge in [-0.15, -0.1) is 0 Å². The van der Waals surface area contributed by atoms with Gasteiger partial charge in [0.1, 0.15) is 0 Å². The van der Waals surface area contributed by atoms with Gasteiger partial charge in [-0.3, -0.25) is 9.59 Å². The van der Waals surface area contributed by atoms with E-state index < -0.39 is 5.97 Å². The number of hydrogen-bond acceptors (Lipinski definition) is 2. The molecule has 0 bridgehead atoms. The third kappa shape index (κ3) is 3.47. The molecule has 1 aromatic heterocycles. The highest BCUT2D eigenvalue weighted by molar-refractivity contribution is 6.03. The Morgan fingerprint density at radius 2 is 1.82 bits per heavy atom. The van der Waals surface area contributed by atoms with Crippen LogP contribution in [-0.2, 0) is 11.2 Å². The number of hydrogen-bond donors (Lipinski definition) is 2. The molecule has 28 heavy (non-hydrogen) atoms. The van der Waals surface area contributed by atoms with Gasteiger partial charge < -0.3 is 10.1 Å². The van der Waals surface area contributed by atoms with Gasteiger partial charge in [-0.05, 0) is 42.9 Å². The number of nitrogens with one attached hydrogen (secondary N) is 1. The molecule has 0 spiro atoms. The first-order valence-electron chi connectivity index (χ1n) is 10.0. The summed E-state index contributed by atoms with van der Waals surface area (Å²) >= 11 is 0. The minimum absolute atomic E-state index is 0.00703. The summed E-state index contributed by atoms with van der Waals surface area (Å²) in [7, 11) is 0. The molecule has 0 saturated heterocycles. The molecule has 1 aliphatic rings. The van der Waals surface area contributed by atoms with Gasteiger partial charge in [-0.2, -0.15) is 0 Å². The van der Waals surface area contributed by atoms with Crippen molar-refractivity contribution >= 4 is 22.7 Å². The number of aliphatic carboxylic acids is 1. The number of H-pyrrole nitrogens is 1. The Morgan fingerprint density at radius 1 is 1.07 bits per heavy atom. The number of carboxylic acids is 1. The summed E-state index contributed by atoms with van der Waals surface area (Å²) in [4.78, 5) is 26.9. The topological polar surface area (TPSA) is 70.2 Å². The fourth-order valence-electron chi connectivity index (χ4n) is 4.59. The van der Waals surface area contributed by atoms with E-state index in [1.807, 2.05) is 42.5 Å². The maximum absolute atomic E-state index is 12.2. The summed E-state index contributed by atoms with van der Waals surface area (Å²) < 4.78 is 0. The van der Waals surface area contributed by atoms with Crippen LogP contribution < -0.4 is 0 Å². The number of carbonyl (C=O) groups excluding carboxylic acids is 1. The van der Waals surface area contributed by atoms with Crippen LogP contribution in [0.15, 0.2) is 42.5 Å². The van der Waals surface area contributed by atoms with E-state index in [1.165, 1.54) is 24.8 Å². The number of carboxylic acid groups (broad SMARTS) is 1. The van der Waals surface area contributed by atoms with Crippen LogP contribution in [0.25, 0.3) is 22.2 Å². The molecule has 2 N–H and O–H groups in total. The first kappa shape index (κ1) is 18.5. The lowest BCUT2D eigenvalue weighted by Crippen LogP contribution is -2.06. The van der Waals surface area contributed by atoms with Crippen LogP contribution in [-0.4, -0.2) is 21.8 Å². The predicted octanol–water partition coefficient (Wildman–Crippen LogP) is 5.71. The highest BCUT2D eigenvalue weighted by atomic mass is 16.4. The molecule has 4 rings (SSSR count). The number of aromatic amines is 1. The lowest BCUT2D eigenvalue weighted by Gasteiger charge is -2.23. The predicted molar refractivity (Wildman–Crippen MR) is 111 cm³/mol. The van der Waals surface area contributed by atoms with E-state index in [2.05, 4.69) is 4.98 Å². The Bertz CT molecular complexity index is 1040. The minimum atomic E-state index is -0.833. The molecule has 4 nitrogen and oxygen atoms in total. The van der Waals surface area contributed by atoms with E-state index >= 15 is 0 Å². The summed E-state index contributed by atoms with van der Waals surface area (Å²) in [6.45, 7) is 1.60. The zero-order valence-corrected chi connectivity index (χ0v) is 16.1. The third-order valence-corrected chi connectivity index (χ3v) is 5.85. The van der Waals surface area contributed by atoms with Crippen LogP contribution in [0.5, 0.6) is 0 Å². The van der Waals surface area contributed by atoms with Crippen molar-refractivity contribution in [2.75, 3.05) is 0 Å². The van der Waals surface area contributed by atoms with Crippen molar-refractivity contribution in [3.63, 3.8) is 0 Å². The van der Waals surface area contributed by atoms with Crippen LogP contribution >= 0.6 is 0 Å². The van der Waals surface area contributed by atoms with Gasteiger partial charge in [-0.25, -0.2) is 0 Å². The third-order valence-electron chi connectivity index (χ3n) is 5.85. The zero-order chi connectivity index (χ0) is 19.7. The first-order chi connectivity index (χ1) is 13.5. The Balaban J connectivity index is 1.93. The molecule has 3 aromatic rings. The summed E-state index contributed by atoms with van der Waals surface area (Å²) in [6.07, 6.45) is 6.04. The van der Waals surface area contributed by atoms with Gasteiger partial charge in [0.2, 0.25) is 0 Å². The number of aromatic nitrogens is 1. The fraction of sp³-hybridized carbons (Fsp3) is 0.333. The van der Waals surface area contributed by atoms with Crippen LogP contribution in [0.1, 0.15) is 66.4 Å². The maximum Gasteiger partial charge on any atom is 0.307 e. The summed E-state index contributed by atoms with van der Waals surface area (Å²) in [6, 6.07) is 13.7. The number of ketones is 1. The van der Waals surface area contributed by atoms with Crippen molar-refractivity contribution in [3.05, 3.63) is 59.2 Å². The van der Waals surface area contributed by atoms with Crippen LogP contribution in [0.2, 0.25) is 0 Å². The van der Waals surface area contributed by atoms with Crippen molar-refractivity contribution in [2.24, 2.45) is 0 Å². The maximum atomic E-state index is 12.2. The lowest BCUT2D eigenvalue weighted by atomic mass is 9.81. The lowest BCUT2D eigenvalue weighted by molar-refractivity contribution is -0.136. The van der Waals surface area contributed by atoms with Gasteiger partial charge in [-0.1, -0.05) is 55.7 Å². The number of benzene rings is 2. The molecule has 1 aliphatic carbocycles. The Kier molecular flexibility index (Phi) is 5.03. The SMILES string of the molecule is CC(=O)c1ccccc1-c1[nH]c2cc(CC(=O)O)ccc2c1C1CCCCC1. The second kappa shape index (κ2) is 7.63. The molecule has 1 heterocycles. The van der Waals surface area contributed by atoms with Crippen molar-refractivity contribution in [3.8, 4) is 11.3 Å². The highest BCUT2D eigenvalue weighted by Crippen LogP contribution is 2.43. The summed E-state index contributed by atoms with van der Waals surface area (Å²) in [5.74, 6) is -0.321. The minimum Gasteiger partial charge on any atom is -0.481 e. The Morgan fingerprint density at radius 3 is 2.54 bits per heavy atom. The van der Waals surface area contributed by atoms with Gasteiger partial charge in [0.15, 0.2) is 5.78 Å². The molecule has 1 saturated carbocycles. The molecule has 144 valence electrons. The van der Waals surface area contributed by atoms with Gasteiger partial charge in [0, 0.05) is 22.0 Å². The largest absolute Gasteiger partial charge is 0.481 e. The van der Waals surface area contributed by atoms with Gasteiger partial charge >= 0.3 is 5.97 Å². The van der Waals surface area contributed by atoms with E-state index in [0.29, 0.717) is 5.92 Å². The average molecular weight is 375 g/mol. The molecule has 0 unspecified atom stereocenters. The van der Waals surface area contributed by atoms with Crippen LogP contribution in [0.3, 0.4) is 0 Å². The second-order valence-corrected chi connectivity index (χ2v) is 7.80. The van der Waals surface area contributed by atoms with Crippen molar-refractivity contribution < 1.29 is 14.7 Å².